The number of pyridine rings is 1. The van der Waals surface area contributed by atoms with Gasteiger partial charge in [-0.25, -0.2) is 0 Å². The summed E-state index contributed by atoms with van der Waals surface area (Å²) >= 11 is 0. The van der Waals surface area contributed by atoms with Gasteiger partial charge in [-0.3, -0.25) is 9.67 Å². The van der Waals surface area contributed by atoms with Gasteiger partial charge < -0.3 is 10.4 Å². The first-order valence-corrected chi connectivity index (χ1v) is 6.00. The molecule has 0 aliphatic rings. The molecule has 18 heavy (non-hydrogen) atoms. The highest BCUT2D eigenvalue weighted by Crippen LogP contribution is 2.10. The van der Waals surface area contributed by atoms with E-state index in [2.05, 4.69) is 21.5 Å². The van der Waals surface area contributed by atoms with Crippen molar-refractivity contribution in [2.75, 3.05) is 11.9 Å². The molecule has 0 amide bonds. The first-order valence-electron chi connectivity index (χ1n) is 6.00. The van der Waals surface area contributed by atoms with Gasteiger partial charge in [-0.15, -0.1) is 0 Å². The Kier molecular flexibility index (Phi) is 3.94. The van der Waals surface area contributed by atoms with E-state index in [4.69, 9.17) is 5.11 Å². The van der Waals surface area contributed by atoms with Crippen molar-refractivity contribution < 1.29 is 5.11 Å². The molecule has 0 unspecified atom stereocenters. The molecule has 96 valence electrons. The zero-order valence-electron chi connectivity index (χ0n) is 10.7. The lowest BCUT2D eigenvalue weighted by atomic mass is 10.2. The van der Waals surface area contributed by atoms with Gasteiger partial charge in [0.05, 0.1) is 13.2 Å². The van der Waals surface area contributed by atoms with Crippen LogP contribution < -0.4 is 5.32 Å². The molecule has 0 fully saturated rings. The van der Waals surface area contributed by atoms with Crippen LogP contribution in [-0.4, -0.2) is 26.5 Å². The van der Waals surface area contributed by atoms with Gasteiger partial charge in [-0.1, -0.05) is 6.07 Å². The summed E-state index contributed by atoms with van der Waals surface area (Å²) in [7, 11) is 0. The largest absolute Gasteiger partial charge is 0.394 e. The van der Waals surface area contributed by atoms with Crippen LogP contribution in [0.2, 0.25) is 0 Å². The second kappa shape index (κ2) is 5.64. The molecule has 0 aromatic carbocycles. The Balaban J connectivity index is 1.97. The normalized spacial score (nSPS) is 10.6. The predicted octanol–water partition coefficient (Wildman–Crippen LogP) is 1.50. The molecule has 2 rings (SSSR count). The predicted molar refractivity (Wildman–Crippen MR) is 70.4 cm³/mol. The van der Waals surface area contributed by atoms with E-state index >= 15 is 0 Å². The maximum Gasteiger partial charge on any atom is 0.148 e. The number of nitrogens with one attached hydrogen (secondary N) is 1. The van der Waals surface area contributed by atoms with Crippen LogP contribution in [-0.2, 0) is 13.1 Å². The van der Waals surface area contributed by atoms with E-state index < -0.39 is 0 Å². The molecule has 0 aliphatic heterocycles. The maximum absolute atomic E-state index is 8.81. The van der Waals surface area contributed by atoms with E-state index in [1.165, 1.54) is 0 Å². The molecule has 2 N–H and O–H groups in total. The number of aryl methyl sites for hydroxylation is 2. The van der Waals surface area contributed by atoms with Crippen LogP contribution in [0.3, 0.4) is 0 Å². The van der Waals surface area contributed by atoms with Crippen molar-refractivity contribution >= 4 is 5.82 Å². The highest BCUT2D eigenvalue weighted by Gasteiger charge is 2.02. The third-order valence-electron chi connectivity index (χ3n) is 2.76. The lowest BCUT2D eigenvalue weighted by Crippen LogP contribution is -2.06. The Morgan fingerprint density at radius 2 is 2.11 bits per heavy atom. The summed E-state index contributed by atoms with van der Waals surface area (Å²) in [5, 5.41) is 16.3. The number of aliphatic hydroxyl groups excluding tert-OH is 1. The summed E-state index contributed by atoms with van der Waals surface area (Å²) in [4.78, 5) is 4.42. The van der Waals surface area contributed by atoms with Crippen LogP contribution >= 0.6 is 0 Å². The highest BCUT2D eigenvalue weighted by atomic mass is 16.3. The van der Waals surface area contributed by atoms with Crippen molar-refractivity contribution in [2.24, 2.45) is 0 Å². The summed E-state index contributed by atoms with van der Waals surface area (Å²) in [6.07, 6.45) is 1.85. The van der Waals surface area contributed by atoms with E-state index in [1.807, 2.05) is 32.2 Å². The molecule has 5 heteroatoms. The molecule has 0 atom stereocenters. The summed E-state index contributed by atoms with van der Waals surface area (Å²) in [5.41, 5.74) is 3.23. The van der Waals surface area contributed by atoms with Crippen LogP contribution in [0.25, 0.3) is 0 Å². The lowest BCUT2D eigenvalue weighted by molar-refractivity contribution is 0.269. The summed E-state index contributed by atoms with van der Waals surface area (Å²) in [5.74, 6) is 0.809. The van der Waals surface area contributed by atoms with Crippen molar-refractivity contribution in [3.63, 3.8) is 0 Å². The third kappa shape index (κ3) is 3.07. The summed E-state index contributed by atoms with van der Waals surface area (Å²) < 4.78 is 1.71. The lowest BCUT2D eigenvalue weighted by Gasteiger charge is -2.07. The Morgan fingerprint density at radius 3 is 2.83 bits per heavy atom. The molecule has 2 heterocycles. The van der Waals surface area contributed by atoms with Crippen LogP contribution in [0.1, 0.15) is 17.0 Å². The Hall–Kier alpha value is -1.88. The highest BCUT2D eigenvalue weighted by molar-refractivity contribution is 5.35. The Labute approximate surface area is 106 Å². The molecular weight excluding hydrogens is 228 g/mol. The van der Waals surface area contributed by atoms with Gasteiger partial charge in [0.1, 0.15) is 5.82 Å². The molecule has 2 aromatic rings. The average molecular weight is 246 g/mol. The van der Waals surface area contributed by atoms with Crippen LogP contribution in [0.4, 0.5) is 5.82 Å². The fourth-order valence-electron chi connectivity index (χ4n) is 1.77. The number of nitrogens with zero attached hydrogens (tertiary/aromatic N) is 3. The van der Waals surface area contributed by atoms with Crippen LogP contribution in [0.5, 0.6) is 0 Å². The molecule has 0 bridgehead atoms. The van der Waals surface area contributed by atoms with E-state index in [9.17, 15) is 0 Å². The summed E-state index contributed by atoms with van der Waals surface area (Å²) in [6, 6.07) is 5.98. The van der Waals surface area contributed by atoms with Crippen molar-refractivity contribution in [3.05, 3.63) is 41.3 Å². The second-order valence-electron chi connectivity index (χ2n) is 4.24. The fourth-order valence-corrected chi connectivity index (χ4v) is 1.77. The number of aliphatic hydroxyl groups is 1. The molecule has 5 nitrogen and oxygen atoms in total. The maximum atomic E-state index is 8.81. The van der Waals surface area contributed by atoms with Gasteiger partial charge in [0.2, 0.25) is 0 Å². The molecule has 0 spiro atoms. The number of hydrogen-bond acceptors (Lipinski definition) is 4. The average Bonchev–Trinajstić information content (AvgIpc) is 2.76. The van der Waals surface area contributed by atoms with Crippen molar-refractivity contribution in [1.29, 1.82) is 0 Å². The molecule has 2 aromatic heterocycles. The zero-order chi connectivity index (χ0) is 13.0. The molecule has 0 saturated carbocycles. The van der Waals surface area contributed by atoms with Crippen molar-refractivity contribution in [1.82, 2.24) is 14.8 Å². The topological polar surface area (TPSA) is 63.0 Å². The van der Waals surface area contributed by atoms with Crippen LogP contribution in [0, 0.1) is 13.8 Å². The van der Waals surface area contributed by atoms with Crippen molar-refractivity contribution in [3.8, 4) is 0 Å². The van der Waals surface area contributed by atoms with E-state index in [0.29, 0.717) is 13.1 Å². The van der Waals surface area contributed by atoms with Gasteiger partial charge >= 0.3 is 0 Å². The standard InChI is InChI=1S/C13H18N4O/c1-10-3-4-12(11(2)15-10)9-14-13-5-6-17(16-13)7-8-18/h3-6,18H,7-9H2,1-2H3,(H,14,16). The van der Waals surface area contributed by atoms with E-state index in [1.54, 1.807) is 4.68 Å². The van der Waals surface area contributed by atoms with Gasteiger partial charge in [-0.05, 0) is 25.5 Å². The first-order chi connectivity index (χ1) is 8.69. The Bertz CT molecular complexity index is 521. The Morgan fingerprint density at radius 1 is 1.28 bits per heavy atom. The van der Waals surface area contributed by atoms with E-state index in [0.717, 1.165) is 22.8 Å². The smallest absolute Gasteiger partial charge is 0.148 e. The van der Waals surface area contributed by atoms with Gasteiger partial charge in [-0.2, -0.15) is 5.10 Å². The number of hydrogen-bond donors (Lipinski definition) is 2. The quantitative estimate of drug-likeness (QED) is 0.839. The monoisotopic (exact) mass is 246 g/mol. The number of rotatable bonds is 5. The second-order valence-corrected chi connectivity index (χ2v) is 4.24. The molecule has 0 saturated heterocycles. The van der Waals surface area contributed by atoms with Gasteiger partial charge in [0.15, 0.2) is 0 Å². The fraction of sp³-hybridized carbons (Fsp3) is 0.385. The number of anilines is 1. The van der Waals surface area contributed by atoms with E-state index in [-0.39, 0.29) is 6.61 Å². The van der Waals surface area contributed by atoms with Crippen LogP contribution in [0.15, 0.2) is 24.4 Å². The minimum atomic E-state index is 0.0993. The first kappa shape index (κ1) is 12.6. The minimum Gasteiger partial charge on any atom is -0.394 e. The molecule has 0 aliphatic carbocycles. The molecule has 0 radical (unpaired) electrons. The zero-order valence-corrected chi connectivity index (χ0v) is 10.7. The summed E-state index contributed by atoms with van der Waals surface area (Å²) in [6.45, 7) is 5.32. The SMILES string of the molecule is Cc1ccc(CNc2ccn(CCO)n2)c(C)n1. The van der Waals surface area contributed by atoms with Crippen molar-refractivity contribution in [2.45, 2.75) is 26.9 Å². The number of aromatic nitrogens is 3. The van der Waals surface area contributed by atoms with Gasteiger partial charge in [0.25, 0.3) is 0 Å². The van der Waals surface area contributed by atoms with Gasteiger partial charge in [0, 0.05) is 30.2 Å². The third-order valence-corrected chi connectivity index (χ3v) is 2.76. The minimum absolute atomic E-state index is 0.0993. The molecular formula is C13H18N4O.